The van der Waals surface area contributed by atoms with Gasteiger partial charge in [-0.3, -0.25) is 14.5 Å². The predicted octanol–water partition coefficient (Wildman–Crippen LogP) is 4.23. The quantitative estimate of drug-likeness (QED) is 0.273. The highest BCUT2D eigenvalue weighted by atomic mass is 32.2. The predicted molar refractivity (Wildman–Crippen MR) is 197 cm³/mol. The van der Waals surface area contributed by atoms with Crippen molar-refractivity contribution in [2.75, 3.05) is 64.4 Å². The van der Waals surface area contributed by atoms with Crippen LogP contribution in [0.3, 0.4) is 0 Å². The Morgan fingerprint density at radius 3 is 2.40 bits per heavy atom. The van der Waals surface area contributed by atoms with E-state index in [0.717, 1.165) is 56.4 Å². The fourth-order valence-electron chi connectivity index (χ4n) is 10.0. The first kappa shape index (κ1) is 38.2. The van der Waals surface area contributed by atoms with Crippen molar-refractivity contribution in [1.29, 1.82) is 0 Å². The van der Waals surface area contributed by atoms with Crippen molar-refractivity contribution < 1.29 is 36.6 Å². The minimum Gasteiger partial charge on any atom is -0.469 e. The van der Waals surface area contributed by atoms with Crippen molar-refractivity contribution in [1.82, 2.24) is 15.1 Å². The van der Waals surface area contributed by atoms with Gasteiger partial charge in [0.25, 0.3) is 0 Å². The number of alkyl halides is 1. The molecule has 3 aliphatic heterocycles. The number of esters is 1. The molecule has 13 heteroatoms. The van der Waals surface area contributed by atoms with Gasteiger partial charge in [0.2, 0.25) is 5.91 Å². The summed E-state index contributed by atoms with van der Waals surface area (Å²) in [7, 11) is -2.02. The van der Waals surface area contributed by atoms with E-state index in [0.29, 0.717) is 69.1 Å². The molecule has 290 valence electrons. The number of ether oxygens (including phenoxy) is 1. The summed E-state index contributed by atoms with van der Waals surface area (Å²) in [6, 6.07) is 12.2. The topological polar surface area (TPSA) is 119 Å². The van der Waals surface area contributed by atoms with Crippen molar-refractivity contribution in [3.8, 4) is 0 Å². The molecule has 1 amide bonds. The van der Waals surface area contributed by atoms with Crippen LogP contribution in [0, 0.1) is 23.6 Å². The summed E-state index contributed by atoms with van der Waals surface area (Å²) < 4.78 is 60.1. The van der Waals surface area contributed by atoms with Crippen LogP contribution in [-0.4, -0.2) is 112 Å². The lowest BCUT2D eigenvalue weighted by Crippen LogP contribution is -2.67. The molecule has 7 rings (SSSR count). The van der Waals surface area contributed by atoms with Crippen LogP contribution >= 0.6 is 0 Å². The first-order valence-electron chi connectivity index (χ1n) is 19.3. The van der Waals surface area contributed by atoms with Crippen LogP contribution in [0.15, 0.2) is 47.4 Å². The molecule has 5 fully saturated rings. The molecule has 0 spiro atoms. The Hall–Kier alpha value is -3.13. The second-order valence-electron chi connectivity index (χ2n) is 16.5. The molecule has 2 aliphatic carbocycles. The van der Waals surface area contributed by atoms with Gasteiger partial charge in [-0.1, -0.05) is 18.6 Å². The number of halogens is 2. The minimum absolute atomic E-state index is 0.0474. The largest absolute Gasteiger partial charge is 0.469 e. The molecule has 53 heavy (non-hydrogen) atoms. The standard InChI is InChI=1S/C40H54F2N4O6S/c1-27(47)43-23-40(31-6-4-7-32(41)19-31,36-8-3-5-28(36)18-38(48)52-2)30-13-15-44(16-14-30)24-39(49)25-46(26-39)34-9-12-37(53(50,51)35-10-11-35)29(17-34)20-45-21-33(42)22-45/h4,6-7,9,12,17,19,28,30,33,35-36,49H,3,5,8,10-11,13-16,18,20-26H2,1-2H3,(H,43,47)/t28-,36+,40+/m1/s1. The summed E-state index contributed by atoms with van der Waals surface area (Å²) in [4.78, 5) is 31.6. The monoisotopic (exact) mass is 756 g/mol. The first-order valence-corrected chi connectivity index (χ1v) is 20.8. The van der Waals surface area contributed by atoms with Crippen LogP contribution < -0.4 is 10.2 Å². The molecule has 0 radical (unpaired) electrons. The zero-order valence-electron chi connectivity index (χ0n) is 30.9. The molecule has 0 bridgehead atoms. The molecule has 5 aliphatic rings. The Morgan fingerprint density at radius 2 is 1.75 bits per heavy atom. The van der Waals surface area contributed by atoms with E-state index in [1.54, 1.807) is 18.2 Å². The molecular formula is C40H54F2N4O6S. The molecule has 2 aromatic carbocycles. The van der Waals surface area contributed by atoms with Crippen molar-refractivity contribution in [3.05, 3.63) is 59.4 Å². The number of rotatable bonds is 14. The molecule has 2 N–H and O–H groups in total. The molecular weight excluding hydrogens is 703 g/mol. The Balaban J connectivity index is 1.05. The molecule has 3 heterocycles. The first-order chi connectivity index (χ1) is 25.3. The van der Waals surface area contributed by atoms with E-state index >= 15 is 0 Å². The number of nitrogens with zero attached hydrogens (tertiary/aromatic N) is 3. The van der Waals surface area contributed by atoms with E-state index in [9.17, 15) is 31.9 Å². The van der Waals surface area contributed by atoms with Crippen LogP contribution in [-0.2, 0) is 36.1 Å². The third-order valence-electron chi connectivity index (χ3n) is 12.8. The number of methoxy groups -OCH3 is 1. The molecule has 3 atom stereocenters. The lowest BCUT2D eigenvalue weighted by Gasteiger charge is -2.53. The van der Waals surface area contributed by atoms with Crippen molar-refractivity contribution in [2.45, 2.75) is 92.2 Å². The number of benzene rings is 2. The summed E-state index contributed by atoms with van der Waals surface area (Å²) in [5.41, 5.74) is 0.866. The number of carbonyl (C=O) groups excluding carboxylic acids is 2. The zero-order chi connectivity index (χ0) is 37.5. The summed E-state index contributed by atoms with van der Waals surface area (Å²) in [6.45, 7) is 5.59. The number of sulfone groups is 1. The highest BCUT2D eigenvalue weighted by Gasteiger charge is 2.53. The van der Waals surface area contributed by atoms with Crippen molar-refractivity contribution >= 4 is 27.4 Å². The lowest BCUT2D eigenvalue weighted by atomic mass is 9.57. The zero-order valence-corrected chi connectivity index (χ0v) is 31.8. The number of hydrogen-bond acceptors (Lipinski definition) is 9. The Bertz CT molecular complexity index is 1770. The van der Waals surface area contributed by atoms with Gasteiger partial charge in [0.1, 0.15) is 17.6 Å². The van der Waals surface area contributed by atoms with E-state index in [2.05, 4.69) is 15.1 Å². The number of β-amino-alcohol motifs (C(OH)–C–C–N with tert-alkyl or cyclic N) is 1. The van der Waals surface area contributed by atoms with Crippen LogP contribution in [0.2, 0.25) is 0 Å². The Kier molecular flexibility index (Phi) is 10.9. The molecule has 0 unspecified atom stereocenters. The third-order valence-corrected chi connectivity index (χ3v) is 15.1. The number of nitrogens with one attached hydrogen (secondary N) is 1. The summed E-state index contributed by atoms with van der Waals surface area (Å²) >= 11 is 0. The second kappa shape index (κ2) is 15.2. The number of amides is 1. The van der Waals surface area contributed by atoms with Gasteiger partial charge >= 0.3 is 5.97 Å². The summed E-state index contributed by atoms with van der Waals surface area (Å²) in [6.07, 6.45) is 5.02. The van der Waals surface area contributed by atoms with E-state index in [1.165, 1.54) is 20.1 Å². The fourth-order valence-corrected chi connectivity index (χ4v) is 11.9. The average Bonchev–Trinajstić information content (AvgIpc) is 3.87. The van der Waals surface area contributed by atoms with Gasteiger partial charge in [-0.2, -0.15) is 0 Å². The number of likely N-dealkylation sites (tertiary alicyclic amines) is 2. The highest BCUT2D eigenvalue weighted by Crippen LogP contribution is 2.53. The molecule has 10 nitrogen and oxygen atoms in total. The van der Waals surface area contributed by atoms with E-state index < -0.39 is 27.0 Å². The average molecular weight is 757 g/mol. The van der Waals surface area contributed by atoms with Crippen LogP contribution in [0.4, 0.5) is 14.5 Å². The van der Waals surface area contributed by atoms with Gasteiger partial charge in [-0.15, -0.1) is 0 Å². The normalized spacial score (nSPS) is 25.3. The molecule has 2 saturated carbocycles. The van der Waals surface area contributed by atoms with Gasteiger partial charge in [0.05, 0.1) is 17.3 Å². The third kappa shape index (κ3) is 8.00. The Morgan fingerprint density at radius 1 is 1.02 bits per heavy atom. The summed E-state index contributed by atoms with van der Waals surface area (Å²) in [5, 5.41) is 14.5. The minimum atomic E-state index is -3.43. The van der Waals surface area contributed by atoms with Gasteiger partial charge < -0.3 is 25.0 Å². The maximum atomic E-state index is 14.9. The number of hydrogen-bond donors (Lipinski definition) is 2. The Labute approximate surface area is 312 Å². The SMILES string of the molecule is COC(=O)C[C@H]1CCC[C@@H]1[C@](CNC(C)=O)(c1cccc(F)c1)C1CCN(CC2(O)CN(c3ccc(S(=O)(=O)C4CC4)c(CN4CC(F)C4)c3)C2)CC1. The van der Waals surface area contributed by atoms with Crippen molar-refractivity contribution in [2.24, 2.45) is 17.8 Å². The van der Waals surface area contributed by atoms with E-state index in [4.69, 9.17) is 4.74 Å². The molecule has 2 aromatic rings. The van der Waals surface area contributed by atoms with E-state index in [-0.39, 0.29) is 47.1 Å². The van der Waals surface area contributed by atoms with Crippen LogP contribution in [0.5, 0.6) is 0 Å². The van der Waals surface area contributed by atoms with Crippen LogP contribution in [0.1, 0.15) is 69.4 Å². The molecule has 0 aromatic heterocycles. The fraction of sp³-hybridized carbons (Fsp3) is 0.650. The van der Waals surface area contributed by atoms with Crippen molar-refractivity contribution in [3.63, 3.8) is 0 Å². The maximum Gasteiger partial charge on any atom is 0.305 e. The highest BCUT2D eigenvalue weighted by molar-refractivity contribution is 7.92. The number of piperidine rings is 1. The number of anilines is 1. The van der Waals surface area contributed by atoms with Crippen LogP contribution in [0.25, 0.3) is 0 Å². The number of aliphatic hydroxyl groups is 1. The summed E-state index contributed by atoms with van der Waals surface area (Å²) in [5.74, 6) is -0.533. The number of carbonyl (C=O) groups is 2. The lowest BCUT2D eigenvalue weighted by molar-refractivity contribution is -0.142. The van der Waals surface area contributed by atoms with Gasteiger partial charge in [-0.05, 0) is 111 Å². The van der Waals surface area contributed by atoms with Gasteiger partial charge in [0.15, 0.2) is 9.84 Å². The van der Waals surface area contributed by atoms with Gasteiger partial charge in [0, 0.05) is 70.3 Å². The van der Waals surface area contributed by atoms with Gasteiger partial charge in [-0.25, -0.2) is 17.2 Å². The maximum absolute atomic E-state index is 14.9. The molecule has 3 saturated heterocycles. The van der Waals surface area contributed by atoms with E-state index in [1.807, 2.05) is 23.1 Å². The second-order valence-corrected chi connectivity index (χ2v) is 18.7. The smallest absolute Gasteiger partial charge is 0.305 e.